The highest BCUT2D eigenvalue weighted by atomic mass is 19.1. The van der Waals surface area contributed by atoms with Crippen molar-refractivity contribution < 1.29 is 19.1 Å². The lowest BCUT2D eigenvalue weighted by Crippen LogP contribution is -2.42. The Kier molecular flexibility index (Phi) is 1.98. The van der Waals surface area contributed by atoms with E-state index in [1.807, 2.05) is 0 Å². The second-order valence-electron chi connectivity index (χ2n) is 4.45. The molecule has 3 unspecified atom stereocenters. The Morgan fingerprint density at radius 1 is 1.41 bits per heavy atom. The number of amides is 1. The lowest BCUT2D eigenvalue weighted by molar-refractivity contribution is -0.139. The van der Waals surface area contributed by atoms with E-state index in [0.717, 1.165) is 4.90 Å². The number of carboxylic acids is 1. The number of aliphatic carboxylic acids is 1. The molecule has 0 bridgehead atoms. The van der Waals surface area contributed by atoms with Crippen LogP contribution in [0.5, 0.6) is 0 Å². The van der Waals surface area contributed by atoms with Crippen molar-refractivity contribution in [3.8, 4) is 0 Å². The molecule has 1 aliphatic heterocycles. The second kappa shape index (κ2) is 3.29. The molecule has 0 radical (unpaired) electrons. The van der Waals surface area contributed by atoms with Gasteiger partial charge in [0.25, 0.3) is 0 Å². The first-order chi connectivity index (χ1) is 8.11. The smallest absolute Gasteiger partial charge is 0.327 e. The van der Waals surface area contributed by atoms with Crippen molar-refractivity contribution in [2.45, 2.75) is 12.5 Å². The summed E-state index contributed by atoms with van der Waals surface area (Å²) in [6.07, 6.45) is 0.612. The number of hydrogen-bond acceptors (Lipinski definition) is 2. The van der Waals surface area contributed by atoms with Crippen LogP contribution in [0.2, 0.25) is 0 Å². The zero-order valence-electron chi connectivity index (χ0n) is 8.84. The minimum Gasteiger partial charge on any atom is -0.480 e. The van der Waals surface area contributed by atoms with Crippen LogP contribution in [0.4, 0.5) is 10.1 Å². The number of carbonyl (C=O) groups is 2. The Morgan fingerprint density at radius 2 is 2.12 bits per heavy atom. The van der Waals surface area contributed by atoms with Crippen LogP contribution in [0, 0.1) is 17.7 Å². The van der Waals surface area contributed by atoms with Crippen LogP contribution in [-0.2, 0) is 9.59 Å². The fraction of sp³-hybridized carbons (Fsp3) is 0.333. The summed E-state index contributed by atoms with van der Waals surface area (Å²) in [5.74, 6) is -2.28. The maximum atomic E-state index is 13.6. The van der Waals surface area contributed by atoms with Crippen molar-refractivity contribution in [2.75, 3.05) is 4.90 Å². The molecule has 3 rings (SSSR count). The highest BCUT2D eigenvalue weighted by molar-refractivity contribution is 6.06. The molecule has 1 aliphatic carbocycles. The van der Waals surface area contributed by atoms with Crippen LogP contribution in [-0.4, -0.2) is 23.0 Å². The number of piperidine rings is 1. The van der Waals surface area contributed by atoms with E-state index in [4.69, 9.17) is 5.11 Å². The van der Waals surface area contributed by atoms with Crippen LogP contribution >= 0.6 is 0 Å². The number of para-hydroxylation sites is 1. The van der Waals surface area contributed by atoms with E-state index >= 15 is 0 Å². The van der Waals surface area contributed by atoms with E-state index in [9.17, 15) is 14.0 Å². The highest BCUT2D eigenvalue weighted by Crippen LogP contribution is 2.52. The largest absolute Gasteiger partial charge is 0.480 e. The zero-order chi connectivity index (χ0) is 12.2. The summed E-state index contributed by atoms with van der Waals surface area (Å²) in [5.41, 5.74) is 0.0668. The third-order valence-corrected chi connectivity index (χ3v) is 3.44. The van der Waals surface area contributed by atoms with E-state index in [0.29, 0.717) is 6.42 Å². The van der Waals surface area contributed by atoms with Crippen molar-refractivity contribution in [2.24, 2.45) is 11.8 Å². The van der Waals surface area contributed by atoms with E-state index in [1.54, 1.807) is 6.07 Å². The van der Waals surface area contributed by atoms with Gasteiger partial charge in [-0.25, -0.2) is 9.18 Å². The molecule has 2 aliphatic rings. The van der Waals surface area contributed by atoms with Gasteiger partial charge in [0.05, 0.1) is 5.69 Å². The third-order valence-electron chi connectivity index (χ3n) is 3.44. The summed E-state index contributed by atoms with van der Waals surface area (Å²) in [5, 5.41) is 9.13. The molecule has 1 saturated carbocycles. The van der Waals surface area contributed by atoms with E-state index in [2.05, 4.69) is 0 Å². The summed E-state index contributed by atoms with van der Waals surface area (Å²) in [6, 6.07) is 4.86. The quantitative estimate of drug-likeness (QED) is 0.839. The Hall–Kier alpha value is -1.91. The Labute approximate surface area is 96.7 Å². The zero-order valence-corrected chi connectivity index (χ0v) is 8.84. The Morgan fingerprint density at radius 3 is 2.76 bits per heavy atom. The maximum absolute atomic E-state index is 13.6. The molecule has 0 aromatic heterocycles. The molecular formula is C12H10FNO3. The van der Waals surface area contributed by atoms with Gasteiger partial charge in [-0.3, -0.25) is 9.69 Å². The van der Waals surface area contributed by atoms with Gasteiger partial charge in [-0.15, -0.1) is 0 Å². The van der Waals surface area contributed by atoms with Crippen molar-refractivity contribution in [3.05, 3.63) is 30.1 Å². The van der Waals surface area contributed by atoms with Gasteiger partial charge in [-0.05, 0) is 18.6 Å². The number of carbonyl (C=O) groups excluding carboxylic acids is 1. The fourth-order valence-corrected chi connectivity index (χ4v) is 2.56. The minimum absolute atomic E-state index is 0.0668. The number of fused-ring (bicyclic) bond motifs is 1. The number of benzene rings is 1. The van der Waals surface area contributed by atoms with Crippen molar-refractivity contribution in [1.29, 1.82) is 0 Å². The standard InChI is InChI=1S/C12H10FNO3/c13-8-3-1-2-4-9(8)14-10(12(16)17)6-5-7(6)11(14)15/h1-4,6-7,10H,5H2,(H,16,17). The monoisotopic (exact) mass is 235 g/mol. The molecule has 1 amide bonds. The van der Waals surface area contributed by atoms with Crippen molar-refractivity contribution in [3.63, 3.8) is 0 Å². The Bertz CT molecular complexity index is 516. The van der Waals surface area contributed by atoms with Gasteiger partial charge in [0.1, 0.15) is 11.9 Å². The third kappa shape index (κ3) is 1.35. The second-order valence-corrected chi connectivity index (χ2v) is 4.45. The normalized spacial score (nSPS) is 30.3. The molecule has 4 nitrogen and oxygen atoms in total. The highest BCUT2D eigenvalue weighted by Gasteiger charge is 2.62. The van der Waals surface area contributed by atoms with Gasteiger partial charge in [-0.1, -0.05) is 12.1 Å². The van der Waals surface area contributed by atoms with Crippen LogP contribution < -0.4 is 4.90 Å². The van der Waals surface area contributed by atoms with Gasteiger partial charge in [0.2, 0.25) is 5.91 Å². The lowest BCUT2D eigenvalue weighted by atomic mass is 10.1. The molecule has 0 spiro atoms. The summed E-state index contributed by atoms with van der Waals surface area (Å²) < 4.78 is 13.6. The molecule has 3 atom stereocenters. The maximum Gasteiger partial charge on any atom is 0.327 e. The van der Waals surface area contributed by atoms with Crippen LogP contribution in [0.3, 0.4) is 0 Å². The van der Waals surface area contributed by atoms with E-state index < -0.39 is 17.8 Å². The number of hydrogen-bond donors (Lipinski definition) is 1. The predicted octanol–water partition coefficient (Wildman–Crippen LogP) is 1.26. The van der Waals surface area contributed by atoms with Crippen LogP contribution in [0.1, 0.15) is 6.42 Å². The number of anilines is 1. The minimum atomic E-state index is -1.06. The number of carboxylic acid groups (broad SMARTS) is 1. The predicted molar refractivity (Wildman–Crippen MR) is 56.9 cm³/mol. The van der Waals surface area contributed by atoms with Crippen molar-refractivity contribution >= 4 is 17.6 Å². The molecule has 1 aromatic carbocycles. The molecular weight excluding hydrogens is 225 g/mol. The number of halogens is 1. The molecule has 1 heterocycles. The molecule has 1 saturated heterocycles. The topological polar surface area (TPSA) is 57.6 Å². The average Bonchev–Trinajstić information content (AvgIpc) is 3.00. The molecule has 88 valence electrons. The van der Waals surface area contributed by atoms with E-state index in [1.165, 1.54) is 18.2 Å². The summed E-state index contributed by atoms with van der Waals surface area (Å²) in [7, 11) is 0. The fourth-order valence-electron chi connectivity index (χ4n) is 2.56. The van der Waals surface area contributed by atoms with Gasteiger partial charge >= 0.3 is 5.97 Å². The van der Waals surface area contributed by atoms with Crippen LogP contribution in [0.15, 0.2) is 24.3 Å². The lowest BCUT2D eigenvalue weighted by Gasteiger charge is -2.24. The first kappa shape index (κ1) is 10.3. The SMILES string of the molecule is O=C(O)C1C2CC2C(=O)N1c1ccccc1F. The average molecular weight is 235 g/mol. The molecule has 1 N–H and O–H groups in total. The van der Waals surface area contributed by atoms with Gasteiger partial charge < -0.3 is 5.11 Å². The van der Waals surface area contributed by atoms with E-state index in [-0.39, 0.29) is 23.4 Å². The van der Waals surface area contributed by atoms with Gasteiger partial charge in [0.15, 0.2) is 0 Å². The first-order valence-electron chi connectivity index (χ1n) is 5.41. The molecule has 17 heavy (non-hydrogen) atoms. The van der Waals surface area contributed by atoms with Crippen LogP contribution in [0.25, 0.3) is 0 Å². The number of nitrogens with zero attached hydrogens (tertiary/aromatic N) is 1. The molecule has 2 fully saturated rings. The molecule has 5 heteroatoms. The summed E-state index contributed by atoms with van der Waals surface area (Å²) >= 11 is 0. The van der Waals surface area contributed by atoms with Gasteiger partial charge in [-0.2, -0.15) is 0 Å². The Balaban J connectivity index is 2.05. The van der Waals surface area contributed by atoms with Crippen molar-refractivity contribution in [1.82, 2.24) is 0 Å². The number of rotatable bonds is 2. The first-order valence-corrected chi connectivity index (χ1v) is 5.41. The van der Waals surface area contributed by atoms with Gasteiger partial charge in [0, 0.05) is 11.8 Å². The summed E-state index contributed by atoms with van der Waals surface area (Å²) in [6.45, 7) is 0. The molecule has 1 aromatic rings. The summed E-state index contributed by atoms with van der Waals surface area (Å²) in [4.78, 5) is 24.2.